The zero-order valence-electron chi connectivity index (χ0n) is 10.8. The number of hydrogen-bond donors (Lipinski definition) is 0. The first kappa shape index (κ1) is 12.8. The number of anilines is 1. The predicted octanol–water partition coefficient (Wildman–Crippen LogP) is 0.877. The molecule has 1 saturated heterocycles. The average molecular weight is 251 g/mol. The number of rotatable bonds is 2. The van der Waals surface area contributed by atoms with E-state index in [4.69, 9.17) is 9.47 Å². The van der Waals surface area contributed by atoms with Gasteiger partial charge in [-0.15, -0.1) is 0 Å². The molecule has 0 aromatic carbocycles. The van der Waals surface area contributed by atoms with Crippen LogP contribution in [0.15, 0.2) is 12.5 Å². The molecule has 1 aromatic rings. The van der Waals surface area contributed by atoms with Crippen LogP contribution >= 0.6 is 0 Å². The Morgan fingerprint density at radius 3 is 2.72 bits per heavy atom. The maximum atomic E-state index is 11.7. The summed E-state index contributed by atoms with van der Waals surface area (Å²) in [4.78, 5) is 21.8. The molecule has 18 heavy (non-hydrogen) atoms. The second-order valence-electron chi connectivity index (χ2n) is 4.41. The Hall–Kier alpha value is -1.69. The highest BCUT2D eigenvalue weighted by atomic mass is 16.5. The lowest BCUT2D eigenvalue weighted by Gasteiger charge is -2.36. The summed E-state index contributed by atoms with van der Waals surface area (Å²) in [6, 6.07) is 0. The molecule has 0 radical (unpaired) electrons. The van der Waals surface area contributed by atoms with E-state index in [-0.39, 0.29) is 12.2 Å². The van der Waals surface area contributed by atoms with Crippen molar-refractivity contribution in [3.63, 3.8) is 0 Å². The molecule has 6 nitrogen and oxygen atoms in total. The van der Waals surface area contributed by atoms with Crippen molar-refractivity contribution in [3.05, 3.63) is 18.1 Å². The van der Waals surface area contributed by atoms with Crippen LogP contribution in [-0.2, 0) is 9.47 Å². The number of ether oxygens (including phenoxy) is 2. The van der Waals surface area contributed by atoms with Crippen molar-refractivity contribution in [1.82, 2.24) is 9.97 Å². The van der Waals surface area contributed by atoms with E-state index in [0.717, 1.165) is 0 Å². The van der Waals surface area contributed by atoms with Gasteiger partial charge in [-0.2, -0.15) is 0 Å². The highest BCUT2D eigenvalue weighted by Crippen LogP contribution is 2.21. The van der Waals surface area contributed by atoms with Crippen molar-refractivity contribution in [2.45, 2.75) is 26.1 Å². The molecule has 1 aliphatic rings. The number of nitrogens with zero attached hydrogens (tertiary/aromatic N) is 3. The molecule has 2 rings (SSSR count). The molecule has 0 spiro atoms. The van der Waals surface area contributed by atoms with E-state index in [1.165, 1.54) is 19.6 Å². The molecule has 0 amide bonds. The Kier molecular flexibility index (Phi) is 3.76. The molecule has 98 valence electrons. The Morgan fingerprint density at radius 2 is 2.11 bits per heavy atom. The third kappa shape index (κ3) is 2.59. The Labute approximate surface area is 106 Å². The van der Waals surface area contributed by atoms with Gasteiger partial charge >= 0.3 is 5.97 Å². The summed E-state index contributed by atoms with van der Waals surface area (Å²) in [6.45, 7) is 5.40. The highest BCUT2D eigenvalue weighted by molar-refractivity contribution is 5.94. The molecule has 0 bridgehead atoms. The lowest BCUT2D eigenvalue weighted by atomic mass is 10.2. The largest absolute Gasteiger partial charge is 0.465 e. The van der Waals surface area contributed by atoms with Crippen molar-refractivity contribution in [2.75, 3.05) is 25.1 Å². The van der Waals surface area contributed by atoms with Crippen LogP contribution in [0.2, 0.25) is 0 Å². The lowest BCUT2D eigenvalue weighted by molar-refractivity contribution is -0.00559. The van der Waals surface area contributed by atoms with Crippen LogP contribution in [0.25, 0.3) is 0 Å². The van der Waals surface area contributed by atoms with E-state index < -0.39 is 5.97 Å². The fraction of sp³-hybridized carbons (Fsp3) is 0.583. The highest BCUT2D eigenvalue weighted by Gasteiger charge is 2.26. The van der Waals surface area contributed by atoms with E-state index in [2.05, 4.69) is 9.97 Å². The number of aromatic nitrogens is 2. The van der Waals surface area contributed by atoms with Crippen molar-refractivity contribution in [2.24, 2.45) is 0 Å². The Morgan fingerprint density at radius 1 is 1.44 bits per heavy atom. The first-order valence-electron chi connectivity index (χ1n) is 5.90. The second kappa shape index (κ2) is 5.30. The predicted molar refractivity (Wildman–Crippen MR) is 65.6 cm³/mol. The summed E-state index contributed by atoms with van der Waals surface area (Å²) < 4.78 is 10.4. The molecule has 1 aromatic heterocycles. The molecule has 2 heterocycles. The van der Waals surface area contributed by atoms with Crippen LogP contribution < -0.4 is 4.90 Å². The monoisotopic (exact) mass is 251 g/mol. The maximum Gasteiger partial charge on any atom is 0.343 e. The minimum absolute atomic E-state index is 0.106. The third-order valence-corrected chi connectivity index (χ3v) is 2.82. The summed E-state index contributed by atoms with van der Waals surface area (Å²) >= 11 is 0. The van der Waals surface area contributed by atoms with E-state index in [1.54, 1.807) is 0 Å². The van der Waals surface area contributed by atoms with Gasteiger partial charge in [-0.3, -0.25) is 0 Å². The standard InChI is InChI=1S/C12H17N3O3/c1-8-5-15(6-9(2)18-8)11-10(12(16)17-3)4-13-7-14-11/h4,7-9H,5-6H2,1-3H3. The summed E-state index contributed by atoms with van der Waals surface area (Å²) in [6.07, 6.45) is 3.13. The van der Waals surface area contributed by atoms with Crippen molar-refractivity contribution < 1.29 is 14.3 Å². The Bertz CT molecular complexity index is 428. The molecular formula is C12H17N3O3. The number of carbonyl (C=O) groups is 1. The number of hydrogen-bond acceptors (Lipinski definition) is 6. The number of methoxy groups -OCH3 is 1. The molecule has 1 aliphatic heterocycles. The molecule has 2 atom stereocenters. The molecule has 0 saturated carbocycles. The maximum absolute atomic E-state index is 11.7. The van der Waals surface area contributed by atoms with E-state index in [9.17, 15) is 4.79 Å². The van der Waals surface area contributed by atoms with Gasteiger partial charge in [-0.1, -0.05) is 0 Å². The van der Waals surface area contributed by atoms with Crippen LogP contribution in [0.4, 0.5) is 5.82 Å². The van der Waals surface area contributed by atoms with Crippen LogP contribution in [0.1, 0.15) is 24.2 Å². The van der Waals surface area contributed by atoms with Gasteiger partial charge in [-0.25, -0.2) is 14.8 Å². The van der Waals surface area contributed by atoms with Gasteiger partial charge < -0.3 is 14.4 Å². The van der Waals surface area contributed by atoms with Crippen molar-refractivity contribution >= 4 is 11.8 Å². The van der Waals surface area contributed by atoms with Crippen molar-refractivity contribution in [1.29, 1.82) is 0 Å². The first-order chi connectivity index (χ1) is 8.61. The molecule has 0 aliphatic carbocycles. The molecule has 1 fully saturated rings. The summed E-state index contributed by atoms with van der Waals surface area (Å²) in [7, 11) is 1.35. The fourth-order valence-electron chi connectivity index (χ4n) is 2.18. The second-order valence-corrected chi connectivity index (χ2v) is 4.41. The smallest absolute Gasteiger partial charge is 0.343 e. The van der Waals surface area contributed by atoms with Crippen LogP contribution in [0.3, 0.4) is 0 Å². The summed E-state index contributed by atoms with van der Waals surface area (Å²) in [5.74, 6) is 0.191. The van der Waals surface area contributed by atoms with Gasteiger partial charge in [0.2, 0.25) is 0 Å². The first-order valence-corrected chi connectivity index (χ1v) is 5.90. The van der Waals surface area contributed by atoms with Gasteiger partial charge in [0.15, 0.2) is 0 Å². The zero-order chi connectivity index (χ0) is 13.1. The Balaban J connectivity index is 2.29. The van der Waals surface area contributed by atoms with Gasteiger partial charge in [-0.05, 0) is 13.8 Å². The van der Waals surface area contributed by atoms with Gasteiger partial charge in [0, 0.05) is 19.3 Å². The van der Waals surface area contributed by atoms with E-state index in [0.29, 0.717) is 24.5 Å². The number of morpholine rings is 1. The van der Waals surface area contributed by atoms with Crippen molar-refractivity contribution in [3.8, 4) is 0 Å². The van der Waals surface area contributed by atoms with Gasteiger partial charge in [0.05, 0.1) is 19.3 Å². The van der Waals surface area contributed by atoms with Crippen LogP contribution in [-0.4, -0.2) is 48.3 Å². The average Bonchev–Trinajstić information content (AvgIpc) is 2.36. The molecule has 2 unspecified atom stereocenters. The number of esters is 1. The SMILES string of the molecule is COC(=O)c1cncnc1N1CC(C)OC(C)C1. The summed E-state index contributed by atoms with van der Waals surface area (Å²) in [5.41, 5.74) is 0.390. The summed E-state index contributed by atoms with van der Waals surface area (Å²) in [5, 5.41) is 0. The molecular weight excluding hydrogens is 234 g/mol. The molecule has 6 heteroatoms. The van der Waals surface area contributed by atoms with E-state index in [1.807, 2.05) is 18.7 Å². The lowest BCUT2D eigenvalue weighted by Crippen LogP contribution is -2.46. The topological polar surface area (TPSA) is 64.5 Å². The van der Waals surface area contributed by atoms with Gasteiger partial charge in [0.25, 0.3) is 0 Å². The molecule has 0 N–H and O–H groups in total. The number of carbonyl (C=O) groups excluding carboxylic acids is 1. The van der Waals surface area contributed by atoms with Crippen LogP contribution in [0.5, 0.6) is 0 Å². The zero-order valence-corrected chi connectivity index (χ0v) is 10.8. The van der Waals surface area contributed by atoms with E-state index >= 15 is 0 Å². The minimum Gasteiger partial charge on any atom is -0.465 e. The third-order valence-electron chi connectivity index (χ3n) is 2.82. The van der Waals surface area contributed by atoms with Gasteiger partial charge in [0.1, 0.15) is 17.7 Å². The van der Waals surface area contributed by atoms with Crippen LogP contribution in [0, 0.1) is 0 Å². The fourth-order valence-corrected chi connectivity index (χ4v) is 2.18. The quantitative estimate of drug-likeness (QED) is 0.727. The normalized spacial score (nSPS) is 23.8. The minimum atomic E-state index is -0.419.